The third-order valence-corrected chi connectivity index (χ3v) is 2.96. The molecule has 23 heavy (non-hydrogen) atoms. The van der Waals surface area contributed by atoms with E-state index in [4.69, 9.17) is 10.8 Å². The summed E-state index contributed by atoms with van der Waals surface area (Å²) in [4.78, 5) is 36.0. The first-order valence-corrected chi connectivity index (χ1v) is 7.39. The van der Waals surface area contributed by atoms with Gasteiger partial charge >= 0.3 is 18.2 Å². The molecule has 8 nitrogen and oxygen atoms in total. The van der Waals surface area contributed by atoms with Crippen molar-refractivity contribution in [3.8, 4) is 0 Å². The van der Waals surface area contributed by atoms with E-state index in [1.165, 1.54) is 0 Å². The second kappa shape index (κ2) is 6.64. The third kappa shape index (κ3) is 5.30. The summed E-state index contributed by atoms with van der Waals surface area (Å²) in [6.07, 6.45) is -3.44. The van der Waals surface area contributed by atoms with Gasteiger partial charge in [0.25, 0.3) is 0 Å². The maximum atomic E-state index is 12.1. The lowest BCUT2D eigenvalue weighted by Gasteiger charge is -2.32. The molecule has 1 aliphatic rings. The molecule has 0 spiro atoms. The van der Waals surface area contributed by atoms with Crippen molar-refractivity contribution in [1.29, 1.82) is 0 Å². The monoisotopic (exact) mass is 331 g/mol. The van der Waals surface area contributed by atoms with Gasteiger partial charge in [-0.2, -0.15) is 0 Å². The zero-order valence-corrected chi connectivity index (χ0v) is 14.4. The molecular weight excluding hydrogens is 304 g/mol. The Labute approximate surface area is 137 Å². The molecule has 0 unspecified atom stereocenters. The van der Waals surface area contributed by atoms with Gasteiger partial charge in [-0.1, -0.05) is 20.8 Å². The van der Waals surface area contributed by atoms with Crippen molar-refractivity contribution < 1.29 is 30.3 Å². The highest BCUT2D eigenvalue weighted by Gasteiger charge is 2.49. The van der Waals surface area contributed by atoms with Crippen molar-refractivity contribution in [2.45, 2.75) is 65.8 Å². The van der Waals surface area contributed by atoms with Crippen LogP contribution in [0.4, 0.5) is 9.59 Å². The SMILES string of the molecule is [2H][C@]1(CCNC(=O)OC(C)(C)C)C(=O)O[C@H](C(C)(C)C)N1C(=O)O. The quantitative estimate of drug-likeness (QED) is 0.768. The van der Waals surface area contributed by atoms with E-state index in [-0.39, 0.29) is 13.0 Å². The first kappa shape index (κ1) is 17.4. The van der Waals surface area contributed by atoms with Crippen LogP contribution in [0.5, 0.6) is 0 Å². The highest BCUT2D eigenvalue weighted by atomic mass is 16.6. The van der Waals surface area contributed by atoms with Gasteiger partial charge in [0, 0.05) is 12.0 Å². The van der Waals surface area contributed by atoms with Crippen molar-refractivity contribution in [2.24, 2.45) is 5.41 Å². The molecule has 8 heteroatoms. The van der Waals surface area contributed by atoms with Gasteiger partial charge in [-0.3, -0.25) is 4.90 Å². The van der Waals surface area contributed by atoms with Gasteiger partial charge in [0.15, 0.2) is 6.23 Å². The van der Waals surface area contributed by atoms with Crippen LogP contribution < -0.4 is 5.32 Å². The molecule has 132 valence electrons. The van der Waals surface area contributed by atoms with E-state index in [1.54, 1.807) is 41.5 Å². The molecule has 0 bridgehead atoms. The molecule has 0 aromatic rings. The number of carbonyl (C=O) groups is 3. The Morgan fingerprint density at radius 2 is 1.91 bits per heavy atom. The standard InChI is InChI=1S/C15H26N2O6/c1-14(2,3)11-17(13(20)21)9(10(18)22-11)7-8-16-12(19)23-15(4,5)6/h9,11H,7-8H2,1-6H3,(H,16,19)(H,20,21)/t9-,11+/m0/s1/i9D. The minimum Gasteiger partial charge on any atom is -0.465 e. The molecule has 0 radical (unpaired) electrons. The molecule has 2 N–H and O–H groups in total. The Morgan fingerprint density at radius 1 is 1.35 bits per heavy atom. The van der Waals surface area contributed by atoms with E-state index in [2.05, 4.69) is 5.32 Å². The van der Waals surface area contributed by atoms with Gasteiger partial charge in [-0.25, -0.2) is 14.4 Å². The van der Waals surface area contributed by atoms with Crippen LogP contribution >= 0.6 is 0 Å². The van der Waals surface area contributed by atoms with E-state index < -0.39 is 41.4 Å². The number of amides is 2. The fourth-order valence-electron chi connectivity index (χ4n) is 2.06. The number of hydrogen-bond donors (Lipinski definition) is 2. The van der Waals surface area contributed by atoms with E-state index in [1.807, 2.05) is 0 Å². The molecule has 1 saturated heterocycles. The van der Waals surface area contributed by atoms with E-state index in [0.717, 1.165) is 0 Å². The number of carboxylic acid groups (broad SMARTS) is 1. The summed E-state index contributed by atoms with van der Waals surface area (Å²) in [6, 6.07) is -2.11. The zero-order chi connectivity index (χ0) is 18.9. The average Bonchev–Trinajstić information content (AvgIpc) is 2.59. The lowest BCUT2D eigenvalue weighted by atomic mass is 9.93. The van der Waals surface area contributed by atoms with Crippen LogP contribution in [0, 0.1) is 5.41 Å². The van der Waals surface area contributed by atoms with Crippen LogP contribution in [-0.4, -0.2) is 52.6 Å². The van der Waals surface area contributed by atoms with Gasteiger partial charge in [0.1, 0.15) is 11.6 Å². The predicted octanol–water partition coefficient (Wildman–Crippen LogP) is 2.18. The smallest absolute Gasteiger partial charge is 0.410 e. The summed E-state index contributed by atoms with van der Waals surface area (Å²) in [5.41, 5.74) is -1.37. The third-order valence-electron chi connectivity index (χ3n) is 2.96. The summed E-state index contributed by atoms with van der Waals surface area (Å²) >= 11 is 0. The minimum atomic E-state index is -2.11. The van der Waals surface area contributed by atoms with Crippen LogP contribution in [0.15, 0.2) is 0 Å². The Hall–Kier alpha value is -1.99. The number of alkyl carbamates (subject to hydrolysis) is 1. The van der Waals surface area contributed by atoms with Crippen molar-refractivity contribution in [2.75, 3.05) is 6.54 Å². The molecule has 2 amide bonds. The highest BCUT2D eigenvalue weighted by molar-refractivity contribution is 5.84. The topological polar surface area (TPSA) is 105 Å². The van der Waals surface area contributed by atoms with Crippen LogP contribution in [-0.2, 0) is 14.3 Å². The number of nitrogens with one attached hydrogen (secondary N) is 1. The molecule has 0 aromatic heterocycles. The molecule has 1 fully saturated rings. The van der Waals surface area contributed by atoms with Crippen LogP contribution in [0.25, 0.3) is 0 Å². The first-order valence-electron chi connectivity index (χ1n) is 7.89. The molecular formula is C15H26N2O6. The number of rotatable bonds is 3. The largest absolute Gasteiger partial charge is 0.465 e. The number of ether oxygens (including phenoxy) is 2. The van der Waals surface area contributed by atoms with Crippen LogP contribution in [0.3, 0.4) is 0 Å². The minimum absolute atomic E-state index is 0.103. The first-order chi connectivity index (χ1) is 10.7. The zero-order valence-electron chi connectivity index (χ0n) is 15.4. The molecule has 2 atom stereocenters. The fourth-order valence-corrected chi connectivity index (χ4v) is 2.06. The molecule has 1 heterocycles. The lowest BCUT2D eigenvalue weighted by molar-refractivity contribution is -0.147. The van der Waals surface area contributed by atoms with Gasteiger partial charge in [-0.05, 0) is 27.2 Å². The fraction of sp³-hybridized carbons (Fsp3) is 0.800. The van der Waals surface area contributed by atoms with Crippen molar-refractivity contribution in [3.05, 3.63) is 0 Å². The highest BCUT2D eigenvalue weighted by Crippen LogP contribution is 2.33. The number of carbonyl (C=O) groups excluding carboxylic acids is 2. The number of nitrogens with zero attached hydrogens (tertiary/aromatic N) is 1. The molecule has 1 aliphatic heterocycles. The lowest BCUT2D eigenvalue weighted by Crippen LogP contribution is -2.48. The van der Waals surface area contributed by atoms with E-state index in [9.17, 15) is 19.5 Å². The number of esters is 1. The van der Waals surface area contributed by atoms with E-state index in [0.29, 0.717) is 4.90 Å². The Morgan fingerprint density at radius 3 is 2.35 bits per heavy atom. The van der Waals surface area contributed by atoms with Crippen LogP contribution in [0.2, 0.25) is 0 Å². The second-order valence-corrected chi connectivity index (χ2v) is 7.40. The predicted molar refractivity (Wildman–Crippen MR) is 81.8 cm³/mol. The number of cyclic esters (lactones) is 1. The average molecular weight is 331 g/mol. The van der Waals surface area contributed by atoms with Crippen molar-refractivity contribution in [3.63, 3.8) is 0 Å². The maximum Gasteiger partial charge on any atom is 0.410 e. The summed E-state index contributed by atoms with van der Waals surface area (Å²) in [6.45, 7) is 10.1. The summed E-state index contributed by atoms with van der Waals surface area (Å²) < 4.78 is 18.5. The maximum absolute atomic E-state index is 12.1. The normalized spacial score (nSPS) is 25.7. The van der Waals surface area contributed by atoms with Gasteiger partial charge in [-0.15, -0.1) is 0 Å². The summed E-state index contributed by atoms with van der Waals surface area (Å²) in [5.74, 6) is -0.948. The molecule has 0 saturated carbocycles. The second-order valence-electron chi connectivity index (χ2n) is 7.40. The molecule has 0 aliphatic carbocycles. The van der Waals surface area contributed by atoms with Crippen LogP contribution in [0.1, 0.15) is 49.3 Å². The van der Waals surface area contributed by atoms with Gasteiger partial charge in [0.05, 0.1) is 1.37 Å². The van der Waals surface area contributed by atoms with Crippen molar-refractivity contribution >= 4 is 18.2 Å². The molecule has 0 aromatic carbocycles. The summed E-state index contributed by atoms with van der Waals surface area (Å²) in [5, 5.41) is 11.8. The Kier molecular flexibility index (Phi) is 5.01. The van der Waals surface area contributed by atoms with Gasteiger partial charge < -0.3 is 19.9 Å². The van der Waals surface area contributed by atoms with Crippen molar-refractivity contribution in [1.82, 2.24) is 10.2 Å². The molecule has 1 rings (SSSR count). The number of hydrogen-bond acceptors (Lipinski definition) is 5. The van der Waals surface area contributed by atoms with Gasteiger partial charge in [0.2, 0.25) is 0 Å². The Bertz CT molecular complexity index is 525. The Balaban J connectivity index is 2.82. The summed E-state index contributed by atoms with van der Waals surface area (Å²) in [7, 11) is 0. The van der Waals surface area contributed by atoms with E-state index >= 15 is 0 Å².